The van der Waals surface area contributed by atoms with Gasteiger partial charge in [0, 0.05) is 25.2 Å². The minimum Gasteiger partial charge on any atom is -0.497 e. The number of nitrogens with one attached hydrogen (secondary N) is 1. The Balaban J connectivity index is 1.58. The number of anilines is 1. The number of carbonyl (C=O) groups excluding carboxylic acids is 2. The van der Waals surface area contributed by atoms with E-state index in [4.69, 9.17) is 4.74 Å². The van der Waals surface area contributed by atoms with Crippen molar-refractivity contribution >= 4 is 17.5 Å². The van der Waals surface area contributed by atoms with Crippen molar-refractivity contribution in [3.63, 3.8) is 0 Å². The summed E-state index contributed by atoms with van der Waals surface area (Å²) in [7, 11) is 1.64. The van der Waals surface area contributed by atoms with Crippen molar-refractivity contribution in [3.05, 3.63) is 59.7 Å². The Morgan fingerprint density at radius 3 is 2.75 bits per heavy atom. The molecule has 0 saturated carbocycles. The van der Waals surface area contributed by atoms with Crippen LogP contribution in [0.1, 0.15) is 37.3 Å². The Labute approximate surface area is 166 Å². The third-order valence-electron chi connectivity index (χ3n) is 5.23. The lowest BCUT2D eigenvalue weighted by Gasteiger charge is -2.18. The number of carbonyl (C=O) groups is 2. The quantitative estimate of drug-likeness (QED) is 0.794. The summed E-state index contributed by atoms with van der Waals surface area (Å²) in [5.74, 6) is 0.788. The van der Waals surface area contributed by atoms with Gasteiger partial charge in [0.2, 0.25) is 11.8 Å². The molecule has 1 heterocycles. The standard InChI is InChI=1S/C23H28N2O3/c1-16(2)20-9-4-5-10-21(20)24-23(27)18-14-22(26)25(15-18)12-11-17-7-6-8-19(13-17)28-3/h4-10,13,16,18H,11-12,14-15H2,1-3H3,(H,24,27). The van der Waals surface area contributed by atoms with Crippen molar-refractivity contribution in [3.8, 4) is 5.75 Å². The van der Waals surface area contributed by atoms with Gasteiger partial charge in [-0.15, -0.1) is 0 Å². The molecule has 1 unspecified atom stereocenters. The van der Waals surface area contributed by atoms with Crippen LogP contribution in [0.3, 0.4) is 0 Å². The second-order valence-corrected chi connectivity index (χ2v) is 7.57. The summed E-state index contributed by atoms with van der Waals surface area (Å²) >= 11 is 0. The first-order valence-corrected chi connectivity index (χ1v) is 9.78. The molecule has 1 aliphatic rings. The van der Waals surface area contributed by atoms with Crippen molar-refractivity contribution in [2.75, 3.05) is 25.5 Å². The van der Waals surface area contributed by atoms with Crippen molar-refractivity contribution in [1.82, 2.24) is 4.90 Å². The molecule has 5 heteroatoms. The van der Waals surface area contributed by atoms with Crippen molar-refractivity contribution in [1.29, 1.82) is 0 Å². The largest absolute Gasteiger partial charge is 0.497 e. The number of hydrogen-bond acceptors (Lipinski definition) is 3. The first-order chi connectivity index (χ1) is 13.5. The van der Waals surface area contributed by atoms with Gasteiger partial charge in [0.15, 0.2) is 0 Å². The fourth-order valence-electron chi connectivity index (χ4n) is 3.60. The van der Waals surface area contributed by atoms with E-state index in [1.165, 1.54) is 0 Å². The maximum absolute atomic E-state index is 12.7. The molecule has 0 aromatic heterocycles. The number of likely N-dealkylation sites (tertiary alicyclic amines) is 1. The molecule has 2 amide bonds. The third-order valence-corrected chi connectivity index (χ3v) is 5.23. The van der Waals surface area contributed by atoms with E-state index in [9.17, 15) is 9.59 Å². The van der Waals surface area contributed by atoms with Crippen LogP contribution < -0.4 is 10.1 Å². The Morgan fingerprint density at radius 1 is 1.21 bits per heavy atom. The highest BCUT2D eigenvalue weighted by atomic mass is 16.5. The van der Waals surface area contributed by atoms with Crippen LogP contribution in [0.2, 0.25) is 0 Å². The summed E-state index contributed by atoms with van der Waals surface area (Å²) in [6.45, 7) is 5.28. The zero-order chi connectivity index (χ0) is 20.1. The molecule has 1 saturated heterocycles. The molecule has 0 aliphatic carbocycles. The number of benzene rings is 2. The minimum absolute atomic E-state index is 0.0418. The number of ether oxygens (including phenoxy) is 1. The Morgan fingerprint density at radius 2 is 2.00 bits per heavy atom. The second-order valence-electron chi connectivity index (χ2n) is 7.57. The molecule has 1 aliphatic heterocycles. The number of hydrogen-bond donors (Lipinski definition) is 1. The van der Waals surface area contributed by atoms with Crippen LogP contribution in [0, 0.1) is 5.92 Å². The lowest BCUT2D eigenvalue weighted by molar-refractivity contribution is -0.128. The summed E-state index contributed by atoms with van der Waals surface area (Å²) in [6.07, 6.45) is 1.02. The van der Waals surface area contributed by atoms with Gasteiger partial charge in [0.05, 0.1) is 13.0 Å². The lowest BCUT2D eigenvalue weighted by atomic mass is 10.0. The maximum atomic E-state index is 12.7. The molecule has 1 atom stereocenters. The highest BCUT2D eigenvalue weighted by Gasteiger charge is 2.34. The molecule has 1 fully saturated rings. The summed E-state index contributed by atoms with van der Waals surface area (Å²) in [4.78, 5) is 26.9. The average Bonchev–Trinajstić information content (AvgIpc) is 3.07. The smallest absolute Gasteiger partial charge is 0.229 e. The molecule has 2 aromatic rings. The van der Waals surface area contributed by atoms with Crippen LogP contribution in [0.4, 0.5) is 5.69 Å². The molecular weight excluding hydrogens is 352 g/mol. The van der Waals surface area contributed by atoms with Gasteiger partial charge in [0.25, 0.3) is 0 Å². The molecule has 1 N–H and O–H groups in total. The SMILES string of the molecule is COc1cccc(CCN2CC(C(=O)Nc3ccccc3C(C)C)CC2=O)c1. The van der Waals surface area contributed by atoms with Crippen molar-refractivity contribution < 1.29 is 14.3 Å². The van der Waals surface area contributed by atoms with E-state index >= 15 is 0 Å². The molecule has 0 radical (unpaired) electrons. The van der Waals surface area contributed by atoms with Gasteiger partial charge in [-0.2, -0.15) is 0 Å². The van der Waals surface area contributed by atoms with Crippen LogP contribution in [-0.2, 0) is 16.0 Å². The first-order valence-electron chi connectivity index (χ1n) is 9.78. The van der Waals surface area contributed by atoms with Crippen LogP contribution in [0.25, 0.3) is 0 Å². The van der Waals surface area contributed by atoms with Crippen LogP contribution in [0.5, 0.6) is 5.75 Å². The molecule has 148 valence electrons. The number of para-hydroxylation sites is 1. The van der Waals surface area contributed by atoms with Gasteiger partial charge in [-0.1, -0.05) is 44.2 Å². The van der Waals surface area contributed by atoms with Gasteiger partial charge in [-0.3, -0.25) is 9.59 Å². The lowest BCUT2D eigenvalue weighted by Crippen LogP contribution is -2.30. The van der Waals surface area contributed by atoms with E-state index in [1.54, 1.807) is 12.0 Å². The van der Waals surface area contributed by atoms with Gasteiger partial charge >= 0.3 is 0 Å². The summed E-state index contributed by atoms with van der Waals surface area (Å²) in [5, 5.41) is 3.03. The Hall–Kier alpha value is -2.82. The van der Waals surface area contributed by atoms with Gasteiger partial charge < -0.3 is 15.0 Å². The molecule has 28 heavy (non-hydrogen) atoms. The van der Waals surface area contributed by atoms with E-state index in [-0.39, 0.29) is 24.2 Å². The topological polar surface area (TPSA) is 58.6 Å². The van der Waals surface area contributed by atoms with Gasteiger partial charge in [-0.25, -0.2) is 0 Å². The monoisotopic (exact) mass is 380 g/mol. The summed E-state index contributed by atoms with van der Waals surface area (Å²) in [5.41, 5.74) is 3.06. The Kier molecular flexibility index (Phi) is 6.34. The predicted octanol–water partition coefficient (Wildman–Crippen LogP) is 3.85. The zero-order valence-electron chi connectivity index (χ0n) is 16.8. The van der Waals surface area contributed by atoms with E-state index in [2.05, 4.69) is 19.2 Å². The molecule has 3 rings (SSSR count). The number of nitrogens with zero attached hydrogens (tertiary/aromatic N) is 1. The molecule has 2 aromatic carbocycles. The van der Waals surface area contributed by atoms with E-state index in [0.717, 1.165) is 29.0 Å². The average molecular weight is 380 g/mol. The fraction of sp³-hybridized carbons (Fsp3) is 0.391. The van der Waals surface area contributed by atoms with E-state index in [1.807, 2.05) is 48.5 Å². The second kappa shape index (κ2) is 8.91. The summed E-state index contributed by atoms with van der Waals surface area (Å²) < 4.78 is 5.25. The number of rotatable bonds is 7. The molecule has 0 spiro atoms. The number of methoxy groups -OCH3 is 1. The Bertz CT molecular complexity index is 847. The first kappa shape index (κ1) is 19.9. The normalized spacial score (nSPS) is 16.5. The van der Waals surface area contributed by atoms with Gasteiger partial charge in [0.1, 0.15) is 5.75 Å². The van der Waals surface area contributed by atoms with Crippen molar-refractivity contribution in [2.45, 2.75) is 32.6 Å². The van der Waals surface area contributed by atoms with E-state index < -0.39 is 0 Å². The molecular formula is C23H28N2O3. The maximum Gasteiger partial charge on any atom is 0.229 e. The number of amides is 2. The minimum atomic E-state index is -0.307. The zero-order valence-corrected chi connectivity index (χ0v) is 16.8. The summed E-state index contributed by atoms with van der Waals surface area (Å²) in [6, 6.07) is 15.7. The highest BCUT2D eigenvalue weighted by Crippen LogP contribution is 2.26. The van der Waals surface area contributed by atoms with Crippen LogP contribution >= 0.6 is 0 Å². The molecule has 5 nitrogen and oxygen atoms in total. The van der Waals surface area contributed by atoms with Crippen LogP contribution in [0.15, 0.2) is 48.5 Å². The van der Waals surface area contributed by atoms with E-state index in [0.29, 0.717) is 19.0 Å². The van der Waals surface area contributed by atoms with Crippen LogP contribution in [-0.4, -0.2) is 36.9 Å². The third kappa shape index (κ3) is 4.71. The predicted molar refractivity (Wildman–Crippen MR) is 111 cm³/mol. The van der Waals surface area contributed by atoms with Gasteiger partial charge in [-0.05, 0) is 41.7 Å². The van der Waals surface area contributed by atoms with Crippen molar-refractivity contribution in [2.24, 2.45) is 5.92 Å². The highest BCUT2D eigenvalue weighted by molar-refractivity contribution is 5.97. The molecule has 0 bridgehead atoms. The fourth-order valence-corrected chi connectivity index (χ4v) is 3.60.